The molecule has 5 heteroatoms. The molecule has 3 atom stereocenters. The first-order valence-electron chi connectivity index (χ1n) is 7.34. The average molecular weight is 313 g/mol. The molecule has 4 nitrogen and oxygen atoms in total. The van der Waals surface area contributed by atoms with E-state index in [1.807, 2.05) is 37.3 Å². The lowest BCUT2D eigenvalue weighted by molar-refractivity contribution is -0.125. The van der Waals surface area contributed by atoms with Crippen LogP contribution in [-0.4, -0.2) is 25.7 Å². The SMILES string of the molecule is CC(C(=O)NCC1CCCOC1)C(N)c1ccccc1.Cl. The molecule has 3 N–H and O–H groups in total. The van der Waals surface area contributed by atoms with E-state index in [9.17, 15) is 4.79 Å². The first-order valence-corrected chi connectivity index (χ1v) is 7.34. The van der Waals surface area contributed by atoms with Gasteiger partial charge in [0, 0.05) is 19.2 Å². The summed E-state index contributed by atoms with van der Waals surface area (Å²) in [4.78, 5) is 12.2. The average Bonchev–Trinajstić information content (AvgIpc) is 2.53. The smallest absolute Gasteiger partial charge is 0.224 e. The van der Waals surface area contributed by atoms with Crippen LogP contribution in [0.25, 0.3) is 0 Å². The fourth-order valence-corrected chi connectivity index (χ4v) is 2.50. The van der Waals surface area contributed by atoms with Crippen LogP contribution in [0.5, 0.6) is 0 Å². The number of ether oxygens (including phenoxy) is 1. The highest BCUT2D eigenvalue weighted by Crippen LogP contribution is 2.19. The molecule has 1 amide bonds. The van der Waals surface area contributed by atoms with E-state index in [1.165, 1.54) is 0 Å². The van der Waals surface area contributed by atoms with Crippen LogP contribution >= 0.6 is 12.4 Å². The van der Waals surface area contributed by atoms with E-state index in [0.29, 0.717) is 12.5 Å². The monoisotopic (exact) mass is 312 g/mol. The van der Waals surface area contributed by atoms with Gasteiger partial charge in [0.15, 0.2) is 0 Å². The first-order chi connectivity index (χ1) is 9.68. The zero-order valence-corrected chi connectivity index (χ0v) is 13.3. The zero-order chi connectivity index (χ0) is 14.4. The Bertz CT molecular complexity index is 422. The molecule has 1 aliphatic heterocycles. The van der Waals surface area contributed by atoms with E-state index < -0.39 is 0 Å². The van der Waals surface area contributed by atoms with Gasteiger partial charge in [-0.2, -0.15) is 0 Å². The second-order valence-corrected chi connectivity index (χ2v) is 5.55. The number of nitrogens with one attached hydrogen (secondary N) is 1. The molecule has 1 fully saturated rings. The van der Waals surface area contributed by atoms with E-state index >= 15 is 0 Å². The Labute approximate surface area is 132 Å². The number of hydrogen-bond donors (Lipinski definition) is 2. The van der Waals surface area contributed by atoms with Gasteiger partial charge >= 0.3 is 0 Å². The summed E-state index contributed by atoms with van der Waals surface area (Å²) in [5, 5.41) is 3.00. The molecular weight excluding hydrogens is 288 g/mol. The van der Waals surface area contributed by atoms with Gasteiger partial charge in [-0.05, 0) is 24.3 Å². The van der Waals surface area contributed by atoms with Gasteiger partial charge in [0.25, 0.3) is 0 Å². The molecule has 1 aromatic rings. The van der Waals surface area contributed by atoms with Crippen LogP contribution in [0.4, 0.5) is 0 Å². The van der Waals surface area contributed by atoms with Crippen LogP contribution in [0.3, 0.4) is 0 Å². The standard InChI is InChI=1S/C16H24N2O2.ClH/c1-12(15(17)14-7-3-2-4-8-14)16(19)18-10-13-6-5-9-20-11-13;/h2-4,7-8,12-13,15H,5-6,9-11,17H2,1H3,(H,18,19);1H. The summed E-state index contributed by atoms with van der Waals surface area (Å²) >= 11 is 0. The molecule has 118 valence electrons. The molecular formula is C16H25ClN2O2. The van der Waals surface area contributed by atoms with Gasteiger partial charge in [0.1, 0.15) is 0 Å². The van der Waals surface area contributed by atoms with Crippen molar-refractivity contribution in [1.82, 2.24) is 5.32 Å². The largest absolute Gasteiger partial charge is 0.381 e. The molecule has 21 heavy (non-hydrogen) atoms. The molecule has 1 saturated heterocycles. The maximum atomic E-state index is 12.2. The van der Waals surface area contributed by atoms with Crippen LogP contribution < -0.4 is 11.1 Å². The third-order valence-electron chi connectivity index (χ3n) is 3.96. The zero-order valence-electron chi connectivity index (χ0n) is 12.5. The minimum Gasteiger partial charge on any atom is -0.381 e. The highest BCUT2D eigenvalue weighted by atomic mass is 35.5. The lowest BCUT2D eigenvalue weighted by Gasteiger charge is -2.24. The van der Waals surface area contributed by atoms with E-state index in [4.69, 9.17) is 10.5 Å². The third-order valence-corrected chi connectivity index (χ3v) is 3.96. The van der Waals surface area contributed by atoms with Crippen molar-refractivity contribution < 1.29 is 9.53 Å². The van der Waals surface area contributed by atoms with Gasteiger partial charge in [-0.3, -0.25) is 4.79 Å². The van der Waals surface area contributed by atoms with Gasteiger partial charge in [-0.25, -0.2) is 0 Å². The Hall–Kier alpha value is -1.10. The highest BCUT2D eigenvalue weighted by molar-refractivity contribution is 5.85. The van der Waals surface area contributed by atoms with E-state index in [2.05, 4.69) is 5.32 Å². The maximum absolute atomic E-state index is 12.2. The van der Waals surface area contributed by atoms with Crippen molar-refractivity contribution in [3.63, 3.8) is 0 Å². The summed E-state index contributed by atoms with van der Waals surface area (Å²) in [6.07, 6.45) is 2.21. The number of benzene rings is 1. The van der Waals surface area contributed by atoms with E-state index in [1.54, 1.807) is 0 Å². The summed E-state index contributed by atoms with van der Waals surface area (Å²) in [5.41, 5.74) is 7.16. The van der Waals surface area contributed by atoms with Crippen LogP contribution in [0.15, 0.2) is 30.3 Å². The topological polar surface area (TPSA) is 64.3 Å². The van der Waals surface area contributed by atoms with Crippen molar-refractivity contribution in [3.8, 4) is 0 Å². The number of amides is 1. The number of hydrogen-bond acceptors (Lipinski definition) is 3. The number of nitrogens with two attached hydrogens (primary N) is 1. The second-order valence-electron chi connectivity index (χ2n) is 5.55. The van der Waals surface area contributed by atoms with Crippen molar-refractivity contribution in [1.29, 1.82) is 0 Å². The minimum absolute atomic E-state index is 0. The van der Waals surface area contributed by atoms with Gasteiger partial charge in [0.05, 0.1) is 12.5 Å². The molecule has 0 aliphatic carbocycles. The van der Waals surface area contributed by atoms with Gasteiger partial charge in [0.2, 0.25) is 5.91 Å². The molecule has 1 aliphatic rings. The quantitative estimate of drug-likeness (QED) is 0.876. The van der Waals surface area contributed by atoms with Crippen LogP contribution in [0.1, 0.15) is 31.4 Å². The van der Waals surface area contributed by atoms with E-state index in [-0.39, 0.29) is 30.3 Å². The molecule has 2 rings (SSSR count). The van der Waals surface area contributed by atoms with Gasteiger partial charge in [-0.1, -0.05) is 37.3 Å². The molecule has 1 aromatic carbocycles. The third kappa shape index (κ3) is 5.30. The van der Waals surface area contributed by atoms with Crippen molar-refractivity contribution in [2.24, 2.45) is 17.6 Å². The molecule has 0 spiro atoms. The Morgan fingerprint density at radius 2 is 2.14 bits per heavy atom. The molecule has 0 saturated carbocycles. The highest BCUT2D eigenvalue weighted by Gasteiger charge is 2.23. The summed E-state index contributed by atoms with van der Waals surface area (Å²) in [6, 6.07) is 9.49. The fraction of sp³-hybridized carbons (Fsp3) is 0.562. The van der Waals surface area contributed by atoms with Crippen molar-refractivity contribution in [2.75, 3.05) is 19.8 Å². The second kappa shape index (κ2) is 9.03. The number of carbonyl (C=O) groups excluding carboxylic acids is 1. The number of halogens is 1. The molecule has 1 heterocycles. The van der Waals surface area contributed by atoms with Crippen molar-refractivity contribution in [2.45, 2.75) is 25.8 Å². The van der Waals surface area contributed by atoms with Crippen molar-refractivity contribution >= 4 is 18.3 Å². The Kier molecular flexibility index (Phi) is 7.72. The maximum Gasteiger partial charge on any atom is 0.224 e. The predicted molar refractivity (Wildman–Crippen MR) is 86.3 cm³/mol. The normalized spacial score (nSPS) is 21.0. The Balaban J connectivity index is 0.00000220. The first kappa shape index (κ1) is 18.0. The van der Waals surface area contributed by atoms with Crippen LogP contribution in [0.2, 0.25) is 0 Å². The van der Waals surface area contributed by atoms with Crippen molar-refractivity contribution in [3.05, 3.63) is 35.9 Å². The minimum atomic E-state index is -0.265. The van der Waals surface area contributed by atoms with E-state index in [0.717, 1.165) is 31.6 Å². The number of carbonyl (C=O) groups is 1. The summed E-state index contributed by atoms with van der Waals surface area (Å²) in [5.74, 6) is 0.224. The fourth-order valence-electron chi connectivity index (χ4n) is 2.50. The lowest BCUT2D eigenvalue weighted by Crippen LogP contribution is -2.39. The van der Waals surface area contributed by atoms with Gasteiger partial charge < -0.3 is 15.8 Å². The summed E-state index contributed by atoms with van der Waals surface area (Å²) < 4.78 is 5.42. The Morgan fingerprint density at radius 1 is 1.43 bits per heavy atom. The Morgan fingerprint density at radius 3 is 2.76 bits per heavy atom. The summed E-state index contributed by atoms with van der Waals surface area (Å²) in [6.45, 7) is 4.16. The lowest BCUT2D eigenvalue weighted by atomic mass is 9.94. The van der Waals surface area contributed by atoms with Crippen LogP contribution in [0, 0.1) is 11.8 Å². The number of rotatable bonds is 5. The summed E-state index contributed by atoms with van der Waals surface area (Å²) in [7, 11) is 0. The molecule has 3 unspecified atom stereocenters. The molecule has 0 aromatic heterocycles. The van der Waals surface area contributed by atoms with Gasteiger partial charge in [-0.15, -0.1) is 12.4 Å². The molecule has 0 bridgehead atoms. The van der Waals surface area contributed by atoms with Crippen LogP contribution in [-0.2, 0) is 9.53 Å². The predicted octanol–water partition coefficient (Wildman–Crippen LogP) is 2.29. The molecule has 0 radical (unpaired) electrons.